The highest BCUT2D eigenvalue weighted by Gasteiger charge is 2.36. The SMILES string of the molecule is Oc1ccc(C2ON=C(c3ccc(Cl)cc3)N2CCN2C(c3ccc(Cl)cc3)=NOC2c2ccc(O)cc2)cc1. The Morgan fingerprint density at radius 1 is 0.550 bits per heavy atom. The van der Waals surface area contributed by atoms with Crippen molar-refractivity contribution in [2.75, 3.05) is 13.1 Å². The Morgan fingerprint density at radius 2 is 0.900 bits per heavy atom. The van der Waals surface area contributed by atoms with E-state index in [1.54, 1.807) is 24.3 Å². The largest absolute Gasteiger partial charge is 0.508 e. The first-order valence-electron chi connectivity index (χ1n) is 12.6. The number of halogens is 2. The molecule has 2 unspecified atom stereocenters. The van der Waals surface area contributed by atoms with E-state index in [-0.39, 0.29) is 11.5 Å². The van der Waals surface area contributed by atoms with Gasteiger partial charge in [-0.3, -0.25) is 0 Å². The fraction of sp³-hybridized carbons (Fsp3) is 0.133. The maximum Gasteiger partial charge on any atom is 0.227 e. The summed E-state index contributed by atoms with van der Waals surface area (Å²) in [6.07, 6.45) is -1.03. The number of amidine groups is 2. The number of phenols is 2. The van der Waals surface area contributed by atoms with E-state index in [0.29, 0.717) is 34.8 Å². The van der Waals surface area contributed by atoms with Crippen molar-refractivity contribution in [2.24, 2.45) is 10.3 Å². The van der Waals surface area contributed by atoms with Crippen LogP contribution >= 0.6 is 23.2 Å². The maximum absolute atomic E-state index is 9.82. The third kappa shape index (κ3) is 5.23. The van der Waals surface area contributed by atoms with Crippen LogP contribution in [0, 0.1) is 0 Å². The van der Waals surface area contributed by atoms with Crippen molar-refractivity contribution in [3.8, 4) is 11.5 Å². The van der Waals surface area contributed by atoms with Gasteiger partial charge in [-0.1, -0.05) is 33.5 Å². The van der Waals surface area contributed by atoms with Gasteiger partial charge in [0.2, 0.25) is 12.5 Å². The zero-order valence-electron chi connectivity index (χ0n) is 21.1. The minimum atomic E-state index is -0.516. The molecule has 0 amide bonds. The van der Waals surface area contributed by atoms with Crippen molar-refractivity contribution in [2.45, 2.75) is 12.5 Å². The van der Waals surface area contributed by atoms with E-state index < -0.39 is 12.5 Å². The molecule has 10 heteroatoms. The molecule has 4 aromatic rings. The van der Waals surface area contributed by atoms with Gasteiger partial charge >= 0.3 is 0 Å². The number of nitrogens with zero attached hydrogens (tertiary/aromatic N) is 4. The summed E-state index contributed by atoms with van der Waals surface area (Å²) < 4.78 is 0. The molecule has 6 rings (SSSR count). The zero-order valence-corrected chi connectivity index (χ0v) is 22.6. The van der Waals surface area contributed by atoms with Crippen LogP contribution in [0.25, 0.3) is 0 Å². The monoisotopic (exact) mass is 574 g/mol. The standard InChI is InChI=1S/C30H24Cl2N4O4/c31-23-9-1-19(2-10-23)27-33-39-29(21-5-13-25(37)14-6-21)35(27)17-18-36-28(20-3-11-24(32)12-4-20)34-40-30(36)22-7-15-26(38)16-8-22/h1-16,29-30,37-38H,17-18H2. The smallest absolute Gasteiger partial charge is 0.227 e. The number of oxime groups is 2. The molecular weight excluding hydrogens is 551 g/mol. The lowest BCUT2D eigenvalue weighted by Gasteiger charge is -2.31. The quantitative estimate of drug-likeness (QED) is 0.262. The van der Waals surface area contributed by atoms with E-state index in [1.807, 2.05) is 72.8 Å². The van der Waals surface area contributed by atoms with Crippen molar-refractivity contribution in [1.29, 1.82) is 0 Å². The highest BCUT2D eigenvalue weighted by molar-refractivity contribution is 6.31. The summed E-state index contributed by atoms with van der Waals surface area (Å²) in [6.45, 7) is 0.967. The van der Waals surface area contributed by atoms with Gasteiger partial charge in [-0.25, -0.2) is 0 Å². The fourth-order valence-electron chi connectivity index (χ4n) is 4.70. The average Bonchev–Trinajstić information content (AvgIpc) is 3.58. The summed E-state index contributed by atoms with van der Waals surface area (Å²) in [6, 6.07) is 28.6. The van der Waals surface area contributed by atoms with Gasteiger partial charge in [0.25, 0.3) is 0 Å². The van der Waals surface area contributed by atoms with E-state index >= 15 is 0 Å². The third-order valence-electron chi connectivity index (χ3n) is 6.73. The van der Waals surface area contributed by atoms with Crippen LogP contribution in [-0.2, 0) is 9.68 Å². The van der Waals surface area contributed by atoms with Crippen LogP contribution in [0.3, 0.4) is 0 Å². The molecule has 0 bridgehead atoms. The summed E-state index contributed by atoms with van der Waals surface area (Å²) >= 11 is 12.3. The number of hydrogen-bond acceptors (Lipinski definition) is 8. The first-order chi connectivity index (χ1) is 19.5. The summed E-state index contributed by atoms with van der Waals surface area (Å²) in [5, 5.41) is 29.8. The van der Waals surface area contributed by atoms with Gasteiger partial charge < -0.3 is 29.7 Å². The second kappa shape index (κ2) is 11.0. The first-order valence-corrected chi connectivity index (χ1v) is 13.3. The molecule has 0 saturated carbocycles. The summed E-state index contributed by atoms with van der Waals surface area (Å²) in [5.74, 6) is 1.64. The average molecular weight is 575 g/mol. The molecule has 0 aliphatic carbocycles. The molecule has 2 atom stereocenters. The highest BCUT2D eigenvalue weighted by atomic mass is 35.5. The lowest BCUT2D eigenvalue weighted by atomic mass is 10.1. The second-order valence-electron chi connectivity index (χ2n) is 9.33. The molecule has 2 N–H and O–H groups in total. The molecule has 0 saturated heterocycles. The summed E-state index contributed by atoms with van der Waals surface area (Å²) in [4.78, 5) is 16.0. The summed E-state index contributed by atoms with van der Waals surface area (Å²) in [7, 11) is 0. The van der Waals surface area contributed by atoms with Crippen molar-refractivity contribution in [3.05, 3.63) is 129 Å². The van der Waals surface area contributed by atoms with E-state index in [4.69, 9.17) is 32.9 Å². The Kier molecular flexibility index (Phi) is 7.11. The minimum Gasteiger partial charge on any atom is -0.508 e. The minimum absolute atomic E-state index is 0.168. The Morgan fingerprint density at radius 3 is 1.25 bits per heavy atom. The topological polar surface area (TPSA) is 90.1 Å². The van der Waals surface area contributed by atoms with Crippen LogP contribution in [0.5, 0.6) is 11.5 Å². The molecule has 0 fully saturated rings. The fourth-order valence-corrected chi connectivity index (χ4v) is 4.95. The molecule has 0 spiro atoms. The van der Waals surface area contributed by atoms with Crippen molar-refractivity contribution in [1.82, 2.24) is 9.80 Å². The van der Waals surface area contributed by atoms with Gasteiger partial charge in [-0.15, -0.1) is 0 Å². The lowest BCUT2D eigenvalue weighted by molar-refractivity contribution is -0.0108. The van der Waals surface area contributed by atoms with Gasteiger partial charge in [0, 0.05) is 45.4 Å². The van der Waals surface area contributed by atoms with Gasteiger partial charge in [0.1, 0.15) is 11.5 Å². The van der Waals surface area contributed by atoms with Crippen LogP contribution in [0.4, 0.5) is 0 Å². The number of aromatic hydroxyl groups is 2. The molecule has 2 aliphatic heterocycles. The number of benzene rings is 4. The Bertz CT molecular complexity index is 1420. The molecule has 40 heavy (non-hydrogen) atoms. The van der Waals surface area contributed by atoms with E-state index in [2.05, 4.69) is 20.1 Å². The second-order valence-corrected chi connectivity index (χ2v) is 10.2. The van der Waals surface area contributed by atoms with Crippen molar-refractivity contribution >= 4 is 34.9 Å². The number of hydrogen-bond donors (Lipinski definition) is 2. The molecule has 202 valence electrons. The van der Waals surface area contributed by atoms with Crippen LogP contribution in [-0.4, -0.2) is 44.8 Å². The first kappa shape index (κ1) is 25.9. The number of rotatable bonds is 7. The molecule has 4 aromatic carbocycles. The number of phenolic OH excluding ortho intramolecular Hbond substituents is 2. The van der Waals surface area contributed by atoms with Crippen molar-refractivity contribution < 1.29 is 19.9 Å². The predicted molar refractivity (Wildman–Crippen MR) is 153 cm³/mol. The van der Waals surface area contributed by atoms with Crippen LogP contribution in [0.2, 0.25) is 10.0 Å². The molecule has 2 aliphatic rings. The Hall–Kier alpha value is -4.40. The Labute approximate surface area is 240 Å². The van der Waals surface area contributed by atoms with Crippen molar-refractivity contribution in [3.63, 3.8) is 0 Å². The Balaban J connectivity index is 1.32. The van der Waals surface area contributed by atoms with Gasteiger partial charge in [0.15, 0.2) is 11.7 Å². The highest BCUT2D eigenvalue weighted by Crippen LogP contribution is 2.34. The molecule has 0 radical (unpaired) electrons. The summed E-state index contributed by atoms with van der Waals surface area (Å²) in [5.41, 5.74) is 3.38. The molecule has 2 heterocycles. The van der Waals surface area contributed by atoms with Gasteiger partial charge in [-0.2, -0.15) is 0 Å². The van der Waals surface area contributed by atoms with E-state index in [1.165, 1.54) is 0 Å². The van der Waals surface area contributed by atoms with E-state index in [9.17, 15) is 10.2 Å². The van der Waals surface area contributed by atoms with E-state index in [0.717, 1.165) is 22.3 Å². The third-order valence-corrected chi connectivity index (χ3v) is 7.24. The van der Waals surface area contributed by atoms with Gasteiger partial charge in [-0.05, 0) is 97.1 Å². The zero-order chi connectivity index (χ0) is 27.6. The molecule has 8 nitrogen and oxygen atoms in total. The lowest BCUT2D eigenvalue weighted by Crippen LogP contribution is -2.41. The van der Waals surface area contributed by atoms with Crippen LogP contribution < -0.4 is 0 Å². The molecule has 0 aromatic heterocycles. The normalized spacial score (nSPS) is 18.2. The predicted octanol–water partition coefficient (Wildman–Crippen LogP) is 6.49. The van der Waals surface area contributed by atoms with Crippen LogP contribution in [0.1, 0.15) is 34.7 Å². The van der Waals surface area contributed by atoms with Crippen LogP contribution in [0.15, 0.2) is 107 Å². The maximum atomic E-state index is 9.82. The molecular formula is C30H24Cl2N4O4. The van der Waals surface area contributed by atoms with Gasteiger partial charge in [0.05, 0.1) is 0 Å².